The van der Waals surface area contributed by atoms with E-state index in [0.717, 1.165) is 0 Å². The first-order valence-electron chi connectivity index (χ1n) is 5.02. The van der Waals surface area contributed by atoms with E-state index in [2.05, 4.69) is 20.4 Å². The van der Waals surface area contributed by atoms with Crippen molar-refractivity contribution in [2.45, 2.75) is 0 Å². The van der Waals surface area contributed by atoms with Gasteiger partial charge in [0.15, 0.2) is 0 Å². The topological polar surface area (TPSA) is 92.1 Å². The van der Waals surface area contributed by atoms with Gasteiger partial charge < -0.3 is 5.32 Å². The highest BCUT2D eigenvalue weighted by Gasteiger charge is 2.11. The lowest BCUT2D eigenvalue weighted by molar-refractivity contribution is 0.103. The molecule has 0 unspecified atom stereocenters. The summed E-state index contributed by atoms with van der Waals surface area (Å²) in [5.41, 5.74) is -0.350. The molecule has 0 fully saturated rings. The third-order valence-electron chi connectivity index (χ3n) is 2.27. The smallest absolute Gasteiger partial charge is 0.266 e. The standard InChI is InChI=1S/C10H7N5O2S/c16-8-4-7(15-10(14-8)11-5-12-15)13-9(17)6-2-1-3-18-6/h1-5H,(H,13,17)(H,11,12,14,16). The Labute approximate surface area is 104 Å². The number of aromatic amines is 1. The predicted molar refractivity (Wildman–Crippen MR) is 65.9 cm³/mol. The van der Waals surface area contributed by atoms with Gasteiger partial charge in [-0.05, 0) is 11.4 Å². The number of rotatable bonds is 2. The van der Waals surface area contributed by atoms with Gasteiger partial charge in [-0.1, -0.05) is 6.07 Å². The molecular formula is C10H7N5O2S. The average molecular weight is 261 g/mol. The molecule has 3 rings (SSSR count). The molecule has 90 valence electrons. The second kappa shape index (κ2) is 4.08. The fraction of sp³-hybridized carbons (Fsp3) is 0. The van der Waals surface area contributed by atoms with Gasteiger partial charge in [0.1, 0.15) is 12.1 Å². The number of hydrogen-bond acceptors (Lipinski definition) is 5. The summed E-state index contributed by atoms with van der Waals surface area (Å²) in [4.78, 5) is 30.2. The number of anilines is 1. The van der Waals surface area contributed by atoms with Crippen LogP contribution in [0.4, 0.5) is 5.82 Å². The molecule has 0 aliphatic carbocycles. The molecule has 3 aromatic rings. The Bertz CT molecular complexity index is 758. The van der Waals surface area contributed by atoms with Crippen LogP contribution in [0, 0.1) is 0 Å². The normalized spacial score (nSPS) is 10.7. The molecule has 0 bridgehead atoms. The lowest BCUT2D eigenvalue weighted by Gasteiger charge is -2.04. The minimum Gasteiger partial charge on any atom is -0.306 e. The zero-order valence-electron chi connectivity index (χ0n) is 8.95. The van der Waals surface area contributed by atoms with E-state index in [-0.39, 0.29) is 23.1 Å². The quantitative estimate of drug-likeness (QED) is 0.711. The summed E-state index contributed by atoms with van der Waals surface area (Å²) in [5.74, 6) is 0.279. The molecule has 0 aromatic carbocycles. The number of fused-ring (bicyclic) bond motifs is 1. The predicted octanol–water partition coefficient (Wildman–Crippen LogP) is 0.731. The second-order valence-electron chi connectivity index (χ2n) is 3.45. The van der Waals surface area contributed by atoms with Crippen LogP contribution in [0.25, 0.3) is 5.78 Å². The van der Waals surface area contributed by atoms with E-state index in [1.54, 1.807) is 17.5 Å². The van der Waals surface area contributed by atoms with Crippen molar-refractivity contribution in [3.63, 3.8) is 0 Å². The number of aromatic nitrogens is 4. The van der Waals surface area contributed by atoms with E-state index in [4.69, 9.17) is 0 Å². The first-order chi connectivity index (χ1) is 8.74. The number of thiophene rings is 1. The average Bonchev–Trinajstić information content (AvgIpc) is 2.98. The van der Waals surface area contributed by atoms with Gasteiger partial charge in [0.05, 0.1) is 4.88 Å². The molecule has 7 nitrogen and oxygen atoms in total. The van der Waals surface area contributed by atoms with E-state index >= 15 is 0 Å². The van der Waals surface area contributed by atoms with Crippen molar-refractivity contribution in [3.8, 4) is 0 Å². The Kier molecular flexibility index (Phi) is 2.41. The summed E-state index contributed by atoms with van der Waals surface area (Å²) in [6, 6.07) is 4.74. The lowest BCUT2D eigenvalue weighted by Crippen LogP contribution is -2.17. The van der Waals surface area contributed by atoms with Crippen LogP contribution < -0.4 is 10.9 Å². The van der Waals surface area contributed by atoms with Gasteiger partial charge in [-0.15, -0.1) is 11.3 Å². The summed E-state index contributed by atoms with van der Waals surface area (Å²) in [5, 5.41) is 8.35. The molecule has 3 heterocycles. The van der Waals surface area contributed by atoms with Crippen LogP contribution in [0.5, 0.6) is 0 Å². The Hall–Kier alpha value is -2.48. The molecule has 0 aliphatic heterocycles. The summed E-state index contributed by atoms with van der Waals surface area (Å²) >= 11 is 1.32. The fourth-order valence-corrected chi connectivity index (χ4v) is 2.13. The van der Waals surface area contributed by atoms with Crippen molar-refractivity contribution in [1.82, 2.24) is 19.6 Å². The number of nitrogens with zero attached hydrogens (tertiary/aromatic N) is 3. The highest BCUT2D eigenvalue weighted by atomic mass is 32.1. The van der Waals surface area contributed by atoms with Gasteiger partial charge >= 0.3 is 0 Å². The number of hydrogen-bond donors (Lipinski definition) is 2. The zero-order chi connectivity index (χ0) is 12.5. The van der Waals surface area contributed by atoms with Crippen LogP contribution in [0.15, 0.2) is 34.7 Å². The fourth-order valence-electron chi connectivity index (χ4n) is 1.51. The third-order valence-corrected chi connectivity index (χ3v) is 3.13. The van der Waals surface area contributed by atoms with Crippen LogP contribution in [0.1, 0.15) is 9.67 Å². The Balaban J connectivity index is 2.02. The summed E-state index contributed by atoms with van der Waals surface area (Å²) < 4.78 is 1.35. The summed E-state index contributed by atoms with van der Waals surface area (Å²) in [6.07, 6.45) is 1.30. The van der Waals surface area contributed by atoms with Gasteiger partial charge in [-0.25, -0.2) is 0 Å². The molecule has 0 radical (unpaired) electrons. The largest absolute Gasteiger partial charge is 0.306 e. The Morgan fingerprint density at radius 2 is 2.39 bits per heavy atom. The molecular weight excluding hydrogens is 254 g/mol. The van der Waals surface area contributed by atoms with Crippen LogP contribution in [0.2, 0.25) is 0 Å². The van der Waals surface area contributed by atoms with Gasteiger partial charge in [-0.3, -0.25) is 14.6 Å². The minimum atomic E-state index is -0.350. The Morgan fingerprint density at radius 1 is 1.50 bits per heavy atom. The number of amides is 1. The number of carbonyl (C=O) groups is 1. The first kappa shape index (κ1) is 10.7. The second-order valence-corrected chi connectivity index (χ2v) is 4.39. The van der Waals surface area contributed by atoms with Crippen molar-refractivity contribution in [3.05, 3.63) is 45.1 Å². The van der Waals surface area contributed by atoms with Crippen LogP contribution >= 0.6 is 11.3 Å². The van der Waals surface area contributed by atoms with E-state index in [9.17, 15) is 9.59 Å². The zero-order valence-corrected chi connectivity index (χ0v) is 9.77. The summed E-state index contributed by atoms with van der Waals surface area (Å²) in [7, 11) is 0. The van der Waals surface area contributed by atoms with Crippen molar-refractivity contribution < 1.29 is 4.79 Å². The van der Waals surface area contributed by atoms with Gasteiger partial charge in [0.25, 0.3) is 11.5 Å². The Morgan fingerprint density at radius 3 is 3.17 bits per heavy atom. The molecule has 0 spiro atoms. The molecule has 8 heteroatoms. The van der Waals surface area contributed by atoms with E-state index < -0.39 is 0 Å². The highest BCUT2D eigenvalue weighted by Crippen LogP contribution is 2.11. The first-order valence-corrected chi connectivity index (χ1v) is 5.90. The lowest BCUT2D eigenvalue weighted by atomic mass is 10.4. The van der Waals surface area contributed by atoms with E-state index in [1.165, 1.54) is 28.2 Å². The highest BCUT2D eigenvalue weighted by molar-refractivity contribution is 7.12. The van der Waals surface area contributed by atoms with Crippen LogP contribution in [0.3, 0.4) is 0 Å². The van der Waals surface area contributed by atoms with E-state index in [1.807, 2.05) is 0 Å². The van der Waals surface area contributed by atoms with E-state index in [0.29, 0.717) is 4.88 Å². The molecule has 18 heavy (non-hydrogen) atoms. The number of carbonyl (C=O) groups excluding carboxylic acids is 1. The molecule has 0 atom stereocenters. The maximum Gasteiger partial charge on any atom is 0.266 e. The maximum absolute atomic E-state index is 11.9. The number of nitrogens with one attached hydrogen (secondary N) is 2. The van der Waals surface area contributed by atoms with Gasteiger partial charge in [0, 0.05) is 6.07 Å². The van der Waals surface area contributed by atoms with Crippen LogP contribution in [-0.2, 0) is 0 Å². The third kappa shape index (κ3) is 1.78. The molecule has 0 saturated heterocycles. The monoisotopic (exact) mass is 261 g/mol. The van der Waals surface area contributed by atoms with Gasteiger partial charge in [-0.2, -0.15) is 14.6 Å². The van der Waals surface area contributed by atoms with Crippen LogP contribution in [-0.4, -0.2) is 25.5 Å². The maximum atomic E-state index is 11.9. The molecule has 1 amide bonds. The van der Waals surface area contributed by atoms with Crippen molar-refractivity contribution >= 4 is 28.8 Å². The summed E-state index contributed by atoms with van der Waals surface area (Å²) in [6.45, 7) is 0. The van der Waals surface area contributed by atoms with Crippen molar-refractivity contribution in [1.29, 1.82) is 0 Å². The van der Waals surface area contributed by atoms with Crippen molar-refractivity contribution in [2.75, 3.05) is 5.32 Å². The molecule has 0 aliphatic rings. The molecule has 3 aromatic heterocycles. The molecule has 0 saturated carbocycles. The molecule has 2 N–H and O–H groups in total. The van der Waals surface area contributed by atoms with Crippen molar-refractivity contribution in [2.24, 2.45) is 0 Å². The minimum absolute atomic E-state index is 0.281. The van der Waals surface area contributed by atoms with Gasteiger partial charge in [0.2, 0.25) is 5.78 Å². The number of H-pyrrole nitrogens is 1. The SMILES string of the molecule is O=C(Nc1cc(=O)[nH]c2ncnn12)c1cccs1.